The quantitative estimate of drug-likeness (QED) is 0.726. The Bertz CT molecular complexity index is 1050. The van der Waals surface area contributed by atoms with E-state index in [0.717, 1.165) is 21.1 Å². The van der Waals surface area contributed by atoms with Gasteiger partial charge in [0.15, 0.2) is 0 Å². The summed E-state index contributed by atoms with van der Waals surface area (Å²) in [5.41, 5.74) is 1.23. The summed E-state index contributed by atoms with van der Waals surface area (Å²) in [6.45, 7) is 0. The number of nitrogens with zero attached hydrogens (tertiary/aromatic N) is 2. The third-order valence-electron chi connectivity index (χ3n) is 4.23. The average molecular weight is 426 g/mol. The molecule has 1 atom stereocenters. The third-order valence-corrected chi connectivity index (χ3v) is 6.69. The second-order valence-electron chi connectivity index (χ2n) is 6.36. The molecule has 0 saturated carbocycles. The van der Waals surface area contributed by atoms with Crippen molar-refractivity contribution in [1.29, 1.82) is 0 Å². The first kappa shape index (κ1) is 21.9. The fourth-order valence-electron chi connectivity index (χ4n) is 2.53. The van der Waals surface area contributed by atoms with Crippen molar-refractivity contribution >= 4 is 37.3 Å². The number of sulfonamides is 2. The molecule has 2 rings (SSSR count). The van der Waals surface area contributed by atoms with E-state index in [1.165, 1.54) is 20.2 Å². The van der Waals surface area contributed by atoms with Gasteiger partial charge in [-0.25, -0.2) is 16.8 Å². The number of anilines is 2. The monoisotopic (exact) mass is 425 g/mol. The SMILES string of the molecule is CN(c1cccc(NC(=O)[C@@H](c2ccccc2)N(C)S(C)(=O)=O)c1)S(C)(=O)=O. The van der Waals surface area contributed by atoms with Crippen LogP contribution in [0.4, 0.5) is 11.4 Å². The molecule has 0 radical (unpaired) electrons. The van der Waals surface area contributed by atoms with Gasteiger partial charge in [-0.2, -0.15) is 4.31 Å². The zero-order valence-corrected chi connectivity index (χ0v) is 17.7. The van der Waals surface area contributed by atoms with E-state index >= 15 is 0 Å². The van der Waals surface area contributed by atoms with Crippen LogP contribution < -0.4 is 9.62 Å². The van der Waals surface area contributed by atoms with Gasteiger partial charge in [0, 0.05) is 19.8 Å². The Hall–Kier alpha value is -2.43. The number of nitrogens with one attached hydrogen (secondary N) is 1. The number of amides is 1. The fourth-order valence-corrected chi connectivity index (χ4v) is 3.63. The maximum Gasteiger partial charge on any atom is 0.247 e. The van der Waals surface area contributed by atoms with Crippen LogP contribution in [0.3, 0.4) is 0 Å². The van der Waals surface area contributed by atoms with E-state index < -0.39 is 32.0 Å². The van der Waals surface area contributed by atoms with Crippen LogP contribution in [0.5, 0.6) is 0 Å². The minimum atomic E-state index is -3.64. The summed E-state index contributed by atoms with van der Waals surface area (Å²) < 4.78 is 49.6. The first-order valence-electron chi connectivity index (χ1n) is 8.24. The van der Waals surface area contributed by atoms with Gasteiger partial charge in [0.25, 0.3) is 0 Å². The molecule has 28 heavy (non-hydrogen) atoms. The van der Waals surface area contributed by atoms with Crippen LogP contribution in [0.15, 0.2) is 54.6 Å². The molecule has 1 amide bonds. The molecule has 0 spiro atoms. The van der Waals surface area contributed by atoms with Gasteiger partial charge in [-0.3, -0.25) is 9.10 Å². The predicted molar refractivity (Wildman–Crippen MR) is 110 cm³/mol. The highest BCUT2D eigenvalue weighted by molar-refractivity contribution is 7.92. The van der Waals surface area contributed by atoms with E-state index in [0.29, 0.717) is 16.9 Å². The van der Waals surface area contributed by atoms with E-state index in [2.05, 4.69) is 5.32 Å². The van der Waals surface area contributed by atoms with Crippen molar-refractivity contribution in [3.63, 3.8) is 0 Å². The van der Waals surface area contributed by atoms with Gasteiger partial charge < -0.3 is 5.32 Å². The first-order valence-corrected chi connectivity index (χ1v) is 11.9. The maximum absolute atomic E-state index is 12.9. The van der Waals surface area contributed by atoms with Crippen molar-refractivity contribution in [1.82, 2.24) is 4.31 Å². The van der Waals surface area contributed by atoms with Crippen molar-refractivity contribution in [2.45, 2.75) is 6.04 Å². The van der Waals surface area contributed by atoms with Crippen molar-refractivity contribution in [2.75, 3.05) is 36.2 Å². The summed E-state index contributed by atoms with van der Waals surface area (Å²) in [7, 11) is -4.37. The maximum atomic E-state index is 12.9. The Morgan fingerprint density at radius 3 is 2.04 bits per heavy atom. The lowest BCUT2D eigenvalue weighted by molar-refractivity contribution is -0.119. The number of carbonyl (C=O) groups excluding carboxylic acids is 1. The molecule has 0 aromatic heterocycles. The highest BCUT2D eigenvalue weighted by atomic mass is 32.2. The van der Waals surface area contributed by atoms with E-state index in [1.54, 1.807) is 48.5 Å². The highest BCUT2D eigenvalue weighted by Gasteiger charge is 2.30. The Morgan fingerprint density at radius 2 is 1.50 bits per heavy atom. The summed E-state index contributed by atoms with van der Waals surface area (Å²) in [6.07, 6.45) is 2.10. The standard InChI is InChI=1S/C18H23N3O5S2/c1-20(27(3,23)24)16-12-8-11-15(13-16)19-18(22)17(21(2)28(4,25)26)14-9-6-5-7-10-14/h5-13,17H,1-4H3,(H,19,22)/t17-/m1/s1. The van der Waals surface area contributed by atoms with Crippen molar-refractivity contribution < 1.29 is 21.6 Å². The molecule has 1 N–H and O–H groups in total. The lowest BCUT2D eigenvalue weighted by atomic mass is 10.1. The van der Waals surface area contributed by atoms with Crippen molar-refractivity contribution in [2.24, 2.45) is 0 Å². The molecule has 0 heterocycles. The molecule has 10 heteroatoms. The average Bonchev–Trinajstić information content (AvgIpc) is 2.60. The molecular formula is C18H23N3O5S2. The topological polar surface area (TPSA) is 104 Å². The van der Waals surface area contributed by atoms with Crippen LogP contribution in [0.25, 0.3) is 0 Å². The Morgan fingerprint density at radius 1 is 0.893 bits per heavy atom. The zero-order chi connectivity index (χ0) is 21.1. The van der Waals surface area contributed by atoms with Crippen LogP contribution >= 0.6 is 0 Å². The molecule has 0 aliphatic heterocycles. The number of likely N-dealkylation sites (N-methyl/N-ethyl adjacent to an activating group) is 1. The van der Waals surface area contributed by atoms with E-state index in [-0.39, 0.29) is 0 Å². The molecule has 0 bridgehead atoms. The van der Waals surface area contributed by atoms with E-state index in [9.17, 15) is 21.6 Å². The molecular weight excluding hydrogens is 402 g/mol. The second-order valence-corrected chi connectivity index (χ2v) is 10.4. The molecule has 2 aromatic rings. The van der Waals surface area contributed by atoms with Gasteiger partial charge in [0.1, 0.15) is 6.04 Å². The summed E-state index contributed by atoms with van der Waals surface area (Å²) in [6, 6.07) is 13.7. The lowest BCUT2D eigenvalue weighted by Gasteiger charge is -2.26. The molecule has 0 aliphatic rings. The number of hydrogen-bond acceptors (Lipinski definition) is 5. The zero-order valence-electron chi connectivity index (χ0n) is 16.0. The number of benzene rings is 2. The summed E-state index contributed by atoms with van der Waals surface area (Å²) >= 11 is 0. The first-order chi connectivity index (χ1) is 12.9. The van der Waals surface area contributed by atoms with Crippen molar-refractivity contribution in [3.8, 4) is 0 Å². The second kappa shape index (κ2) is 8.29. The molecule has 0 saturated heterocycles. The molecule has 0 unspecified atom stereocenters. The molecule has 2 aromatic carbocycles. The largest absolute Gasteiger partial charge is 0.324 e. The predicted octanol–water partition coefficient (Wildman–Crippen LogP) is 1.65. The van der Waals surface area contributed by atoms with Crippen LogP contribution in [0.2, 0.25) is 0 Å². The van der Waals surface area contributed by atoms with E-state index in [1.807, 2.05) is 0 Å². The summed E-state index contributed by atoms with van der Waals surface area (Å²) in [5.74, 6) is -0.557. The molecule has 0 aliphatic carbocycles. The van der Waals surface area contributed by atoms with Gasteiger partial charge in [0.2, 0.25) is 26.0 Å². The lowest BCUT2D eigenvalue weighted by Crippen LogP contribution is -2.38. The van der Waals surface area contributed by atoms with Gasteiger partial charge >= 0.3 is 0 Å². The third kappa shape index (κ3) is 5.31. The fraction of sp³-hybridized carbons (Fsp3) is 0.278. The summed E-state index contributed by atoms with van der Waals surface area (Å²) in [4.78, 5) is 12.9. The van der Waals surface area contributed by atoms with Crippen LogP contribution in [-0.4, -0.2) is 53.7 Å². The van der Waals surface area contributed by atoms with Gasteiger partial charge in [-0.05, 0) is 23.8 Å². The Labute approximate surface area is 165 Å². The molecule has 0 fully saturated rings. The molecule has 8 nitrogen and oxygen atoms in total. The van der Waals surface area contributed by atoms with Crippen LogP contribution in [0.1, 0.15) is 11.6 Å². The number of rotatable bonds is 7. The smallest absolute Gasteiger partial charge is 0.247 e. The van der Waals surface area contributed by atoms with Crippen molar-refractivity contribution in [3.05, 3.63) is 60.2 Å². The highest BCUT2D eigenvalue weighted by Crippen LogP contribution is 2.25. The number of carbonyl (C=O) groups is 1. The Kier molecular flexibility index (Phi) is 6.48. The normalized spacial score (nSPS) is 13.2. The minimum absolute atomic E-state index is 0.348. The number of hydrogen-bond donors (Lipinski definition) is 1. The minimum Gasteiger partial charge on any atom is -0.324 e. The van der Waals surface area contributed by atoms with Gasteiger partial charge in [0.05, 0.1) is 18.2 Å². The molecule has 152 valence electrons. The van der Waals surface area contributed by atoms with Crippen LogP contribution in [0, 0.1) is 0 Å². The van der Waals surface area contributed by atoms with Gasteiger partial charge in [-0.15, -0.1) is 0 Å². The van der Waals surface area contributed by atoms with E-state index in [4.69, 9.17) is 0 Å². The summed E-state index contributed by atoms with van der Waals surface area (Å²) in [5, 5.41) is 2.67. The Balaban J connectivity index is 2.37. The van der Waals surface area contributed by atoms with Gasteiger partial charge in [-0.1, -0.05) is 36.4 Å². The van der Waals surface area contributed by atoms with Crippen LogP contribution in [-0.2, 0) is 24.8 Å².